The summed E-state index contributed by atoms with van der Waals surface area (Å²) in [5.41, 5.74) is 3.06. The number of pyridine rings is 1. The van der Waals surface area contributed by atoms with Crippen LogP contribution in [0.3, 0.4) is 0 Å². The minimum Gasteiger partial charge on any atom is -0.383 e. The van der Waals surface area contributed by atoms with Crippen LogP contribution in [0.25, 0.3) is 0 Å². The van der Waals surface area contributed by atoms with Gasteiger partial charge in [0.05, 0.1) is 6.61 Å². The molecule has 1 saturated heterocycles. The van der Waals surface area contributed by atoms with Crippen LogP contribution in [0.2, 0.25) is 0 Å². The number of rotatable bonds is 7. The quantitative estimate of drug-likeness (QED) is 0.832. The van der Waals surface area contributed by atoms with Crippen LogP contribution in [0, 0.1) is 0 Å². The zero-order chi connectivity index (χ0) is 18.2. The van der Waals surface area contributed by atoms with Crippen LogP contribution in [-0.2, 0) is 11.3 Å². The van der Waals surface area contributed by atoms with E-state index >= 15 is 0 Å². The number of hydrogen-bond acceptors (Lipinski definition) is 4. The first-order valence-electron chi connectivity index (χ1n) is 9.25. The lowest BCUT2D eigenvalue weighted by Gasteiger charge is -2.25. The van der Waals surface area contributed by atoms with Crippen LogP contribution in [0.15, 0.2) is 48.8 Å². The van der Waals surface area contributed by atoms with E-state index in [0.717, 1.165) is 24.2 Å². The second-order valence-corrected chi connectivity index (χ2v) is 6.74. The fourth-order valence-electron chi connectivity index (χ4n) is 3.41. The lowest BCUT2D eigenvalue weighted by Crippen LogP contribution is -2.33. The Morgan fingerprint density at radius 2 is 2.15 bits per heavy atom. The van der Waals surface area contributed by atoms with Crippen molar-refractivity contribution in [2.75, 3.05) is 33.4 Å². The summed E-state index contributed by atoms with van der Waals surface area (Å²) in [7, 11) is 1.66. The van der Waals surface area contributed by atoms with Crippen LogP contribution in [0.4, 0.5) is 0 Å². The van der Waals surface area contributed by atoms with Gasteiger partial charge in [-0.25, -0.2) is 0 Å². The normalized spacial score (nSPS) is 17.0. The minimum atomic E-state index is 0.0458. The van der Waals surface area contributed by atoms with Gasteiger partial charge < -0.3 is 15.0 Å². The molecule has 0 bridgehead atoms. The summed E-state index contributed by atoms with van der Waals surface area (Å²) in [6.07, 6.45) is 5.87. The zero-order valence-corrected chi connectivity index (χ0v) is 15.4. The van der Waals surface area contributed by atoms with Crippen molar-refractivity contribution < 1.29 is 9.53 Å². The molecule has 0 radical (unpaired) electrons. The molecule has 5 heteroatoms. The molecular formula is C21H27N3O2. The molecule has 0 saturated carbocycles. The van der Waals surface area contributed by atoms with Gasteiger partial charge in [-0.1, -0.05) is 12.1 Å². The van der Waals surface area contributed by atoms with Crippen molar-refractivity contribution in [3.8, 4) is 0 Å². The Bertz CT molecular complexity index is 699. The Balaban J connectivity index is 1.77. The molecule has 1 aliphatic rings. The van der Waals surface area contributed by atoms with E-state index in [1.165, 1.54) is 18.4 Å². The fourth-order valence-corrected chi connectivity index (χ4v) is 3.41. The van der Waals surface area contributed by atoms with Crippen molar-refractivity contribution in [1.82, 2.24) is 15.2 Å². The monoisotopic (exact) mass is 353 g/mol. The standard InChI is InChI=1S/C21H27N3O2/c1-26-13-12-24(16-17-7-10-22-11-8-17)21(25)19-5-2-4-18(14-19)20-6-3-9-23-15-20/h2,4-5,7-8,10-11,14,20,23H,3,6,9,12-13,15-16H2,1H3/t20-/m0/s1. The van der Waals surface area contributed by atoms with E-state index in [9.17, 15) is 4.79 Å². The molecule has 1 atom stereocenters. The summed E-state index contributed by atoms with van der Waals surface area (Å²) < 4.78 is 5.20. The van der Waals surface area contributed by atoms with Gasteiger partial charge in [-0.05, 0) is 60.7 Å². The number of amides is 1. The first-order chi connectivity index (χ1) is 12.8. The van der Waals surface area contributed by atoms with E-state index in [0.29, 0.717) is 25.6 Å². The van der Waals surface area contributed by atoms with Crippen molar-refractivity contribution >= 4 is 5.91 Å². The molecule has 5 nitrogen and oxygen atoms in total. The highest BCUT2D eigenvalue weighted by Crippen LogP contribution is 2.24. The number of nitrogens with zero attached hydrogens (tertiary/aromatic N) is 2. The van der Waals surface area contributed by atoms with Gasteiger partial charge in [0.1, 0.15) is 0 Å². The Kier molecular flexibility index (Phi) is 6.75. The Morgan fingerprint density at radius 1 is 1.31 bits per heavy atom. The van der Waals surface area contributed by atoms with Crippen molar-refractivity contribution in [2.45, 2.75) is 25.3 Å². The highest BCUT2D eigenvalue weighted by molar-refractivity contribution is 5.94. The van der Waals surface area contributed by atoms with Gasteiger partial charge in [0.25, 0.3) is 5.91 Å². The molecule has 1 fully saturated rings. The zero-order valence-electron chi connectivity index (χ0n) is 15.4. The van der Waals surface area contributed by atoms with Gasteiger partial charge in [0.15, 0.2) is 0 Å². The lowest BCUT2D eigenvalue weighted by atomic mass is 9.90. The first-order valence-corrected chi connectivity index (χ1v) is 9.25. The summed E-state index contributed by atoms with van der Waals surface area (Å²) >= 11 is 0. The van der Waals surface area contributed by atoms with Gasteiger partial charge in [0.2, 0.25) is 0 Å². The predicted molar refractivity (Wildman–Crippen MR) is 102 cm³/mol. The van der Waals surface area contributed by atoms with Crippen LogP contribution in [-0.4, -0.2) is 49.1 Å². The summed E-state index contributed by atoms with van der Waals surface area (Å²) in [5, 5.41) is 3.45. The number of ether oxygens (including phenoxy) is 1. The summed E-state index contributed by atoms with van der Waals surface area (Å²) in [5.74, 6) is 0.536. The lowest BCUT2D eigenvalue weighted by molar-refractivity contribution is 0.0680. The van der Waals surface area contributed by atoms with E-state index < -0.39 is 0 Å². The van der Waals surface area contributed by atoms with Gasteiger partial charge >= 0.3 is 0 Å². The van der Waals surface area contributed by atoms with E-state index in [1.54, 1.807) is 19.5 Å². The highest BCUT2D eigenvalue weighted by Gasteiger charge is 2.19. The molecule has 1 amide bonds. The van der Waals surface area contributed by atoms with Crippen LogP contribution >= 0.6 is 0 Å². The van der Waals surface area contributed by atoms with Gasteiger partial charge in [0, 0.05) is 44.7 Å². The Morgan fingerprint density at radius 3 is 2.88 bits per heavy atom. The summed E-state index contributed by atoms with van der Waals surface area (Å²) in [4.78, 5) is 19.0. The van der Waals surface area contributed by atoms with Crippen molar-refractivity contribution in [2.24, 2.45) is 0 Å². The first kappa shape index (κ1) is 18.5. The third-order valence-electron chi connectivity index (χ3n) is 4.88. The number of hydrogen-bond donors (Lipinski definition) is 1. The molecule has 0 unspecified atom stereocenters. The maximum absolute atomic E-state index is 13.1. The van der Waals surface area contributed by atoms with E-state index in [2.05, 4.69) is 22.4 Å². The Hall–Kier alpha value is -2.24. The molecule has 1 aromatic heterocycles. The maximum atomic E-state index is 13.1. The SMILES string of the molecule is COCCN(Cc1ccncc1)C(=O)c1cccc([C@H]2CCCNC2)c1. The van der Waals surface area contributed by atoms with Gasteiger partial charge in [-0.2, -0.15) is 0 Å². The van der Waals surface area contributed by atoms with Crippen LogP contribution in [0.5, 0.6) is 0 Å². The molecular weight excluding hydrogens is 326 g/mol. The van der Waals surface area contributed by atoms with Gasteiger partial charge in [-0.15, -0.1) is 0 Å². The smallest absolute Gasteiger partial charge is 0.254 e. The third kappa shape index (κ3) is 4.90. The van der Waals surface area contributed by atoms with E-state index in [-0.39, 0.29) is 5.91 Å². The molecule has 3 rings (SSSR count). The second kappa shape index (κ2) is 9.46. The number of methoxy groups -OCH3 is 1. The largest absolute Gasteiger partial charge is 0.383 e. The van der Waals surface area contributed by atoms with Crippen molar-refractivity contribution in [3.63, 3.8) is 0 Å². The predicted octanol–water partition coefficient (Wildman–Crippen LogP) is 2.84. The molecule has 26 heavy (non-hydrogen) atoms. The molecule has 0 spiro atoms. The van der Waals surface area contributed by atoms with E-state index in [4.69, 9.17) is 4.74 Å². The Labute approximate surface area is 155 Å². The highest BCUT2D eigenvalue weighted by atomic mass is 16.5. The average Bonchev–Trinajstić information content (AvgIpc) is 2.72. The summed E-state index contributed by atoms with van der Waals surface area (Å²) in [6.45, 7) is 3.71. The minimum absolute atomic E-state index is 0.0458. The average molecular weight is 353 g/mol. The number of carbonyl (C=O) groups excluding carboxylic acids is 1. The molecule has 2 heterocycles. The maximum Gasteiger partial charge on any atom is 0.254 e. The van der Waals surface area contributed by atoms with Gasteiger partial charge in [-0.3, -0.25) is 9.78 Å². The number of aromatic nitrogens is 1. The number of benzene rings is 1. The van der Waals surface area contributed by atoms with E-state index in [1.807, 2.05) is 29.2 Å². The number of piperidine rings is 1. The van der Waals surface area contributed by atoms with Crippen molar-refractivity contribution in [1.29, 1.82) is 0 Å². The molecule has 1 aromatic carbocycles. The third-order valence-corrected chi connectivity index (χ3v) is 4.88. The number of carbonyl (C=O) groups is 1. The van der Waals surface area contributed by atoms with Crippen molar-refractivity contribution in [3.05, 3.63) is 65.5 Å². The van der Waals surface area contributed by atoms with Crippen LogP contribution < -0.4 is 5.32 Å². The second-order valence-electron chi connectivity index (χ2n) is 6.74. The molecule has 1 aliphatic heterocycles. The summed E-state index contributed by atoms with van der Waals surface area (Å²) in [6, 6.07) is 12.0. The molecule has 1 N–H and O–H groups in total. The number of nitrogens with one attached hydrogen (secondary N) is 1. The molecule has 2 aromatic rings. The fraction of sp³-hybridized carbons (Fsp3) is 0.429. The molecule has 138 valence electrons. The van der Waals surface area contributed by atoms with Crippen LogP contribution in [0.1, 0.15) is 40.2 Å². The topological polar surface area (TPSA) is 54.5 Å². The molecule has 0 aliphatic carbocycles.